The molecule has 3 aromatic carbocycles. The summed E-state index contributed by atoms with van der Waals surface area (Å²) in [4.78, 5) is 4.23. The summed E-state index contributed by atoms with van der Waals surface area (Å²) in [5.74, 6) is 0.179. The van der Waals surface area contributed by atoms with Crippen LogP contribution >= 0.6 is 0 Å². The first-order valence-electron chi connectivity index (χ1n) is 8.75. The highest BCUT2D eigenvalue weighted by Gasteiger charge is 2.11. The van der Waals surface area contributed by atoms with Crippen molar-refractivity contribution in [1.29, 1.82) is 5.26 Å². The van der Waals surface area contributed by atoms with Gasteiger partial charge in [-0.05, 0) is 35.4 Å². The van der Waals surface area contributed by atoms with Crippen LogP contribution in [0, 0.1) is 17.1 Å². The second-order valence-electron chi connectivity index (χ2n) is 6.28. The second kappa shape index (κ2) is 8.33. The quantitative estimate of drug-likeness (QED) is 0.539. The van der Waals surface area contributed by atoms with Gasteiger partial charge in [-0.3, -0.25) is 4.99 Å². The molecule has 27 heavy (non-hydrogen) atoms. The summed E-state index contributed by atoms with van der Waals surface area (Å²) in [6.45, 7) is 2.34. The molecule has 0 heterocycles. The predicted molar refractivity (Wildman–Crippen MR) is 107 cm³/mol. The average molecular weight is 360 g/mol. The van der Waals surface area contributed by atoms with Crippen molar-refractivity contribution in [3.8, 4) is 6.07 Å². The zero-order valence-corrected chi connectivity index (χ0v) is 15.3. The van der Waals surface area contributed by atoms with Gasteiger partial charge in [0.25, 0.3) is 0 Å². The molecule has 0 aliphatic heterocycles. The lowest BCUT2D eigenvalue weighted by Crippen LogP contribution is -2.38. The van der Waals surface area contributed by atoms with Crippen molar-refractivity contribution in [2.75, 3.05) is 7.05 Å². The number of fused-ring (bicyclic) bond motifs is 1. The zero-order chi connectivity index (χ0) is 19.2. The average Bonchev–Trinajstić information content (AvgIpc) is 2.71. The zero-order valence-electron chi connectivity index (χ0n) is 15.3. The van der Waals surface area contributed by atoms with Crippen molar-refractivity contribution >= 4 is 16.7 Å². The van der Waals surface area contributed by atoms with Crippen LogP contribution in [0.2, 0.25) is 0 Å². The number of rotatable bonds is 4. The van der Waals surface area contributed by atoms with Gasteiger partial charge in [0.1, 0.15) is 5.82 Å². The summed E-state index contributed by atoms with van der Waals surface area (Å²) >= 11 is 0. The minimum Gasteiger partial charge on any atom is -0.352 e. The molecule has 1 unspecified atom stereocenters. The Kier molecular flexibility index (Phi) is 5.68. The summed E-state index contributed by atoms with van der Waals surface area (Å²) in [6.07, 6.45) is 0. The Morgan fingerprint density at radius 3 is 2.67 bits per heavy atom. The van der Waals surface area contributed by atoms with E-state index in [4.69, 9.17) is 5.26 Å². The van der Waals surface area contributed by atoms with Crippen LogP contribution in [0.1, 0.15) is 29.7 Å². The van der Waals surface area contributed by atoms with Gasteiger partial charge in [0.2, 0.25) is 0 Å². The molecule has 5 heteroatoms. The van der Waals surface area contributed by atoms with Gasteiger partial charge in [-0.1, -0.05) is 48.5 Å². The fraction of sp³-hybridized carbons (Fsp3) is 0.182. The Bertz CT molecular complexity index is 1010. The van der Waals surface area contributed by atoms with Gasteiger partial charge in [-0.15, -0.1) is 0 Å². The molecule has 0 aromatic heterocycles. The molecule has 2 N–H and O–H groups in total. The summed E-state index contributed by atoms with van der Waals surface area (Å²) < 4.78 is 14.0. The van der Waals surface area contributed by atoms with Crippen LogP contribution in [0.5, 0.6) is 0 Å². The lowest BCUT2D eigenvalue weighted by Gasteiger charge is -2.20. The van der Waals surface area contributed by atoms with E-state index in [2.05, 4.69) is 46.8 Å². The number of benzene rings is 3. The standard InChI is InChI=1S/C22H21FN4/c1-15(19-9-5-7-17-6-3-4-8-20(17)19)27-22(25-2)26-14-18-11-10-16(13-24)12-21(18)23/h3-12,15H,14H2,1-2H3,(H2,25,26,27). The smallest absolute Gasteiger partial charge is 0.191 e. The molecule has 0 fully saturated rings. The fourth-order valence-electron chi connectivity index (χ4n) is 3.04. The maximum absolute atomic E-state index is 14.0. The third-order valence-electron chi connectivity index (χ3n) is 4.50. The van der Waals surface area contributed by atoms with Crippen molar-refractivity contribution < 1.29 is 4.39 Å². The van der Waals surface area contributed by atoms with E-state index in [0.717, 1.165) is 0 Å². The van der Waals surface area contributed by atoms with Crippen molar-refractivity contribution in [3.63, 3.8) is 0 Å². The minimum atomic E-state index is -0.404. The molecule has 0 amide bonds. The topological polar surface area (TPSA) is 60.2 Å². The van der Waals surface area contributed by atoms with E-state index in [9.17, 15) is 4.39 Å². The van der Waals surface area contributed by atoms with Crippen LogP contribution in [0.4, 0.5) is 4.39 Å². The van der Waals surface area contributed by atoms with Crippen LogP contribution < -0.4 is 10.6 Å². The largest absolute Gasteiger partial charge is 0.352 e. The van der Waals surface area contributed by atoms with Gasteiger partial charge in [-0.2, -0.15) is 5.26 Å². The number of guanidine groups is 1. The number of hydrogen-bond donors (Lipinski definition) is 2. The molecule has 0 radical (unpaired) electrons. The Morgan fingerprint density at radius 2 is 1.93 bits per heavy atom. The maximum Gasteiger partial charge on any atom is 0.191 e. The van der Waals surface area contributed by atoms with E-state index in [1.54, 1.807) is 19.2 Å². The number of halogens is 1. The maximum atomic E-state index is 14.0. The molecular formula is C22H21FN4. The summed E-state index contributed by atoms with van der Waals surface area (Å²) in [7, 11) is 1.68. The van der Waals surface area contributed by atoms with Crippen LogP contribution in [-0.2, 0) is 6.54 Å². The number of hydrogen-bond acceptors (Lipinski definition) is 2. The molecule has 3 aromatic rings. The molecule has 0 saturated carbocycles. The van der Waals surface area contributed by atoms with Crippen LogP contribution in [0.15, 0.2) is 65.7 Å². The Morgan fingerprint density at radius 1 is 1.15 bits per heavy atom. The second-order valence-corrected chi connectivity index (χ2v) is 6.28. The van der Waals surface area contributed by atoms with E-state index >= 15 is 0 Å². The lowest BCUT2D eigenvalue weighted by molar-refractivity contribution is 0.602. The molecular weight excluding hydrogens is 339 g/mol. The third kappa shape index (κ3) is 4.24. The molecule has 0 spiro atoms. The predicted octanol–water partition coefficient (Wildman–Crippen LogP) is 4.28. The molecule has 136 valence electrons. The third-order valence-corrected chi connectivity index (χ3v) is 4.50. The molecule has 1 atom stereocenters. The first kappa shape index (κ1) is 18.4. The van der Waals surface area contributed by atoms with Crippen LogP contribution in [0.3, 0.4) is 0 Å². The number of nitrogens with one attached hydrogen (secondary N) is 2. The SMILES string of the molecule is CN=C(NCc1ccc(C#N)cc1F)NC(C)c1cccc2ccccc12. The van der Waals surface area contributed by atoms with Gasteiger partial charge >= 0.3 is 0 Å². The summed E-state index contributed by atoms with van der Waals surface area (Å²) in [5, 5.41) is 17.7. The molecule has 4 nitrogen and oxygen atoms in total. The van der Waals surface area contributed by atoms with Crippen molar-refractivity contribution in [1.82, 2.24) is 10.6 Å². The number of nitrogens with zero attached hydrogens (tertiary/aromatic N) is 2. The van der Waals surface area contributed by atoms with Crippen LogP contribution in [0.25, 0.3) is 10.8 Å². The highest BCUT2D eigenvalue weighted by atomic mass is 19.1. The minimum absolute atomic E-state index is 0.0214. The monoisotopic (exact) mass is 360 g/mol. The van der Waals surface area contributed by atoms with E-state index in [-0.39, 0.29) is 12.6 Å². The summed E-state index contributed by atoms with van der Waals surface area (Å²) in [5.41, 5.74) is 1.96. The molecule has 0 saturated heterocycles. The molecule has 0 aliphatic carbocycles. The normalized spacial score (nSPS) is 12.4. The van der Waals surface area contributed by atoms with Gasteiger partial charge in [-0.25, -0.2) is 4.39 Å². The Labute approximate surface area is 158 Å². The number of aliphatic imine (C=N–C) groups is 1. The molecule has 3 rings (SSSR count). The van der Waals surface area contributed by atoms with Crippen molar-refractivity contribution in [2.24, 2.45) is 4.99 Å². The highest BCUT2D eigenvalue weighted by molar-refractivity contribution is 5.87. The van der Waals surface area contributed by atoms with Crippen molar-refractivity contribution in [3.05, 3.63) is 83.2 Å². The van der Waals surface area contributed by atoms with E-state index < -0.39 is 5.82 Å². The first-order valence-corrected chi connectivity index (χ1v) is 8.75. The fourth-order valence-corrected chi connectivity index (χ4v) is 3.04. The van der Waals surface area contributed by atoms with E-state index in [1.165, 1.54) is 22.4 Å². The van der Waals surface area contributed by atoms with Crippen molar-refractivity contribution in [2.45, 2.75) is 19.5 Å². The van der Waals surface area contributed by atoms with Gasteiger partial charge in [0.05, 0.1) is 17.7 Å². The first-order chi connectivity index (χ1) is 13.1. The number of nitriles is 1. The van der Waals surface area contributed by atoms with E-state index in [1.807, 2.05) is 24.3 Å². The summed E-state index contributed by atoms with van der Waals surface area (Å²) in [6, 6.07) is 20.9. The molecule has 0 aliphatic rings. The highest BCUT2D eigenvalue weighted by Crippen LogP contribution is 2.24. The molecule has 0 bridgehead atoms. The Balaban J connectivity index is 1.71. The van der Waals surface area contributed by atoms with Crippen LogP contribution in [-0.4, -0.2) is 13.0 Å². The van der Waals surface area contributed by atoms with Gasteiger partial charge in [0.15, 0.2) is 5.96 Å². The lowest BCUT2D eigenvalue weighted by atomic mass is 10.00. The Hall–Kier alpha value is -3.39. The van der Waals surface area contributed by atoms with E-state index in [0.29, 0.717) is 17.1 Å². The van der Waals surface area contributed by atoms with Gasteiger partial charge in [0, 0.05) is 19.2 Å². The van der Waals surface area contributed by atoms with Gasteiger partial charge < -0.3 is 10.6 Å².